The van der Waals surface area contributed by atoms with Crippen LogP contribution in [0, 0.1) is 0 Å². The van der Waals surface area contributed by atoms with Crippen molar-refractivity contribution in [3.05, 3.63) is 84.4 Å². The number of hydrogen-bond donors (Lipinski definition) is 2. The van der Waals surface area contributed by atoms with Crippen molar-refractivity contribution >= 4 is 30.1 Å². The van der Waals surface area contributed by atoms with E-state index >= 15 is 0 Å². The van der Waals surface area contributed by atoms with Crippen molar-refractivity contribution in [2.75, 3.05) is 54.2 Å². The maximum Gasteiger partial charge on any atom is 0.410 e. The molecule has 0 bridgehead atoms. The topological polar surface area (TPSA) is 189 Å². The van der Waals surface area contributed by atoms with Gasteiger partial charge in [0.15, 0.2) is 0 Å². The average Bonchev–Trinajstić information content (AvgIpc) is 3.99. The number of carbonyl (C=O) groups is 5. The van der Waals surface area contributed by atoms with Gasteiger partial charge in [-0.1, -0.05) is 73.7 Å². The van der Waals surface area contributed by atoms with Crippen molar-refractivity contribution in [3.8, 4) is 0 Å². The molecule has 0 aromatic heterocycles. The van der Waals surface area contributed by atoms with Crippen LogP contribution in [0.5, 0.6) is 0 Å². The highest BCUT2D eigenvalue weighted by Crippen LogP contribution is 2.23. The number of likely N-dealkylation sites (tertiary alicyclic amines) is 2. The fourth-order valence-corrected chi connectivity index (χ4v) is 6.10. The van der Waals surface area contributed by atoms with Crippen molar-refractivity contribution in [1.29, 1.82) is 0 Å². The summed E-state index contributed by atoms with van der Waals surface area (Å²) >= 11 is 0. The van der Waals surface area contributed by atoms with E-state index in [0.717, 1.165) is 37.1 Å². The zero-order chi connectivity index (χ0) is 40.9. The predicted molar refractivity (Wildman–Crippen MR) is 202 cm³/mol. The van der Waals surface area contributed by atoms with Gasteiger partial charge in [-0.2, -0.15) is 0 Å². The molecular formula is C40H55N3O13. The molecule has 3 aliphatic heterocycles. The minimum atomic E-state index is -0.779. The summed E-state index contributed by atoms with van der Waals surface area (Å²) in [7, 11) is 3.96. The van der Waals surface area contributed by atoms with Gasteiger partial charge in [-0.3, -0.25) is 14.6 Å². The molecule has 2 aromatic rings. The molecule has 16 nitrogen and oxygen atoms in total. The lowest BCUT2D eigenvalue weighted by Gasteiger charge is -2.21. The van der Waals surface area contributed by atoms with E-state index in [0.29, 0.717) is 19.6 Å². The standard InChI is InChI=1S/C17H21NO5.C14H17NO5.C9H17NO3/c1-3-9-22-14-10-15(16(19)21-2)18(11-14)17(20)23-12-13-7-5-4-6-8-13;1-19-13(17)12-7-11(16)8-15(12)14(18)20-9-10-5-3-2-4-6-10;1-3-4-13-7-5-8(10-6-7)9(11)12-2/h3-8,14-15H,1,9-12H2,2H3;2-6,11-12,16H,7-9H2,1H3;7-8,10H,3-6H2,1-2H3/t14-,15-;11-,12-;7-,8-/m000/s1. The monoisotopic (exact) mass is 785 g/mol. The molecule has 3 heterocycles. The largest absolute Gasteiger partial charge is 0.468 e. The van der Waals surface area contributed by atoms with Gasteiger partial charge >= 0.3 is 30.1 Å². The highest BCUT2D eigenvalue weighted by atomic mass is 16.6. The third kappa shape index (κ3) is 14.6. The summed E-state index contributed by atoms with van der Waals surface area (Å²) in [5, 5.41) is 12.7. The third-order valence-corrected chi connectivity index (χ3v) is 8.95. The number of β-amino-alcohol motifs (C(OH)–C–C–N with tert-alkyl or cyclic N) is 1. The zero-order valence-electron chi connectivity index (χ0n) is 32.5. The molecule has 5 rings (SSSR count). The number of benzene rings is 2. The van der Waals surface area contributed by atoms with Crippen LogP contribution in [0.15, 0.2) is 73.3 Å². The van der Waals surface area contributed by atoms with E-state index in [1.54, 1.807) is 6.08 Å². The first-order valence-corrected chi connectivity index (χ1v) is 18.5. The number of methoxy groups -OCH3 is 3. The number of aliphatic hydroxyl groups excluding tert-OH is 1. The molecule has 16 heteroatoms. The molecule has 0 aliphatic carbocycles. The molecule has 2 amide bonds. The maximum absolute atomic E-state index is 12.3. The van der Waals surface area contributed by atoms with Crippen LogP contribution in [0.2, 0.25) is 0 Å². The molecule has 3 aliphatic rings. The zero-order valence-corrected chi connectivity index (χ0v) is 32.5. The quantitative estimate of drug-likeness (QED) is 0.171. The van der Waals surface area contributed by atoms with Gasteiger partial charge in [0.2, 0.25) is 0 Å². The fourth-order valence-electron chi connectivity index (χ4n) is 6.10. The molecule has 2 N–H and O–H groups in total. The van der Waals surface area contributed by atoms with Crippen molar-refractivity contribution in [1.82, 2.24) is 15.1 Å². The van der Waals surface area contributed by atoms with E-state index in [1.807, 2.05) is 60.7 Å². The molecule has 3 fully saturated rings. The summed E-state index contributed by atoms with van der Waals surface area (Å²) in [6.07, 6.45) is 1.97. The SMILES string of the molecule is C=CCO[C@H]1C[C@@H](C(=O)OC)N(C(=O)OCc2ccccc2)C1.CCCO[C@@H]1CN[C@H](C(=O)OC)C1.COC(=O)[C@@H]1C[C@H](O)CN1C(=O)OCc1ccccc1. The first-order chi connectivity index (χ1) is 27.0. The smallest absolute Gasteiger partial charge is 0.410 e. The molecule has 3 saturated heterocycles. The third-order valence-electron chi connectivity index (χ3n) is 8.95. The number of hydrogen-bond acceptors (Lipinski definition) is 14. The Balaban J connectivity index is 0.000000234. The van der Waals surface area contributed by atoms with Gasteiger partial charge < -0.3 is 43.6 Å². The van der Waals surface area contributed by atoms with Crippen LogP contribution in [0.25, 0.3) is 0 Å². The molecule has 0 spiro atoms. The Labute approximate surface area is 327 Å². The van der Waals surface area contributed by atoms with Gasteiger partial charge in [-0.25, -0.2) is 19.2 Å². The Kier molecular flexibility index (Phi) is 19.8. The van der Waals surface area contributed by atoms with Gasteiger partial charge in [0, 0.05) is 32.4 Å². The van der Waals surface area contributed by atoms with Crippen molar-refractivity contribution in [3.63, 3.8) is 0 Å². The Bertz CT molecular complexity index is 1530. The first kappa shape index (κ1) is 45.4. The number of esters is 3. The molecule has 6 atom stereocenters. The Morgan fingerprint density at radius 3 is 1.75 bits per heavy atom. The summed E-state index contributed by atoms with van der Waals surface area (Å²) in [6, 6.07) is 17.0. The Morgan fingerprint density at radius 2 is 1.25 bits per heavy atom. The maximum atomic E-state index is 12.3. The summed E-state index contributed by atoms with van der Waals surface area (Å²) in [4.78, 5) is 61.4. The van der Waals surface area contributed by atoms with Crippen molar-refractivity contribution in [2.24, 2.45) is 0 Å². The predicted octanol–water partition coefficient (Wildman–Crippen LogP) is 3.39. The van der Waals surface area contributed by atoms with Crippen LogP contribution in [0.1, 0.15) is 43.7 Å². The van der Waals surface area contributed by atoms with E-state index < -0.39 is 42.3 Å². The van der Waals surface area contributed by atoms with E-state index in [-0.39, 0.29) is 50.4 Å². The van der Waals surface area contributed by atoms with Gasteiger partial charge in [-0.15, -0.1) is 6.58 Å². The normalized spacial score (nSPS) is 22.4. The Morgan fingerprint density at radius 1 is 0.732 bits per heavy atom. The van der Waals surface area contributed by atoms with Crippen LogP contribution in [-0.4, -0.2) is 136 Å². The van der Waals surface area contributed by atoms with Gasteiger partial charge in [0.25, 0.3) is 0 Å². The second-order valence-electron chi connectivity index (χ2n) is 13.0. The van der Waals surface area contributed by atoms with E-state index in [9.17, 15) is 29.1 Å². The van der Waals surface area contributed by atoms with Crippen LogP contribution < -0.4 is 5.32 Å². The van der Waals surface area contributed by atoms with E-state index in [1.165, 1.54) is 31.1 Å². The lowest BCUT2D eigenvalue weighted by atomic mass is 10.2. The number of nitrogens with one attached hydrogen (secondary N) is 1. The van der Waals surface area contributed by atoms with Gasteiger partial charge in [-0.05, 0) is 17.5 Å². The van der Waals surface area contributed by atoms with Crippen LogP contribution >= 0.6 is 0 Å². The summed E-state index contributed by atoms with van der Waals surface area (Å²) in [5.74, 6) is -1.20. The lowest BCUT2D eigenvalue weighted by molar-refractivity contribution is -0.146. The summed E-state index contributed by atoms with van der Waals surface area (Å²) in [6.45, 7) is 8.19. The van der Waals surface area contributed by atoms with Crippen molar-refractivity contribution in [2.45, 2.75) is 82.3 Å². The number of ether oxygens (including phenoxy) is 7. The highest BCUT2D eigenvalue weighted by molar-refractivity contribution is 5.83. The van der Waals surface area contributed by atoms with Crippen LogP contribution in [0.4, 0.5) is 9.59 Å². The number of aliphatic hydroxyl groups is 1. The molecule has 308 valence electrons. The minimum Gasteiger partial charge on any atom is -0.468 e. The number of nitrogens with zero attached hydrogens (tertiary/aromatic N) is 2. The summed E-state index contributed by atoms with van der Waals surface area (Å²) in [5.41, 5.74) is 1.74. The number of rotatable bonds is 13. The molecule has 0 saturated carbocycles. The number of amides is 2. The van der Waals surface area contributed by atoms with Crippen molar-refractivity contribution < 1.29 is 62.2 Å². The van der Waals surface area contributed by atoms with Gasteiger partial charge in [0.05, 0.1) is 59.3 Å². The highest BCUT2D eigenvalue weighted by Gasteiger charge is 2.42. The second-order valence-corrected chi connectivity index (χ2v) is 13.0. The molecule has 0 radical (unpaired) electrons. The van der Waals surface area contributed by atoms with E-state index in [2.05, 4.69) is 28.3 Å². The summed E-state index contributed by atoms with van der Waals surface area (Å²) < 4.78 is 35.5. The minimum absolute atomic E-state index is 0.0768. The van der Waals surface area contributed by atoms with Gasteiger partial charge in [0.1, 0.15) is 31.3 Å². The molecule has 56 heavy (non-hydrogen) atoms. The lowest BCUT2D eigenvalue weighted by Crippen LogP contribution is -2.41. The van der Waals surface area contributed by atoms with E-state index in [4.69, 9.17) is 23.7 Å². The molecule has 0 unspecified atom stereocenters. The first-order valence-electron chi connectivity index (χ1n) is 18.5. The average molecular weight is 786 g/mol. The Hall–Kier alpha value is -5.03. The second kappa shape index (κ2) is 24.5. The fraction of sp³-hybridized carbons (Fsp3) is 0.525. The number of carbonyl (C=O) groups excluding carboxylic acids is 5. The molecule has 2 aromatic carbocycles. The molecular weight excluding hydrogens is 730 g/mol. The van der Waals surface area contributed by atoms with Crippen LogP contribution in [0.3, 0.4) is 0 Å². The van der Waals surface area contributed by atoms with Crippen LogP contribution in [-0.2, 0) is 60.8 Å².